The molecule has 0 saturated carbocycles. The number of hydrogen-bond donors (Lipinski definition) is 0. The van der Waals surface area contributed by atoms with Crippen LogP contribution in [0.1, 0.15) is 17.5 Å². The Balaban J connectivity index is 1.72. The molecule has 3 heterocycles. The maximum atomic E-state index is 13.5. The third kappa shape index (κ3) is 3.16. The third-order valence-electron chi connectivity index (χ3n) is 5.82. The maximum Gasteiger partial charge on any atom is 0.332 e. The van der Waals surface area contributed by atoms with Crippen molar-refractivity contribution in [2.75, 3.05) is 11.4 Å². The van der Waals surface area contributed by atoms with Gasteiger partial charge in [0.2, 0.25) is 5.95 Å². The first kappa shape index (κ1) is 19.6. The molecule has 0 fully saturated rings. The van der Waals surface area contributed by atoms with Gasteiger partial charge in [0.1, 0.15) is 0 Å². The first-order chi connectivity index (χ1) is 15.0. The molecule has 158 valence electrons. The van der Waals surface area contributed by atoms with E-state index in [0.29, 0.717) is 28.7 Å². The molecule has 0 radical (unpaired) electrons. The van der Waals surface area contributed by atoms with E-state index in [2.05, 4.69) is 11.0 Å². The van der Waals surface area contributed by atoms with Gasteiger partial charge >= 0.3 is 5.69 Å². The van der Waals surface area contributed by atoms with Crippen molar-refractivity contribution in [2.45, 2.75) is 26.4 Å². The number of aryl methyl sites for hydroxylation is 3. The molecule has 1 aliphatic rings. The average molecular weight is 436 g/mol. The summed E-state index contributed by atoms with van der Waals surface area (Å²) < 4.78 is 4.63. The summed E-state index contributed by atoms with van der Waals surface area (Å²) in [6.07, 6.45) is 0.874. The highest BCUT2D eigenvalue weighted by Gasteiger charge is 2.27. The minimum absolute atomic E-state index is 0.114. The Bertz CT molecular complexity index is 1430. The fourth-order valence-electron chi connectivity index (χ4n) is 4.24. The molecule has 0 spiro atoms. The van der Waals surface area contributed by atoms with Crippen LogP contribution in [-0.2, 0) is 20.1 Å². The van der Waals surface area contributed by atoms with Crippen LogP contribution in [0.4, 0.5) is 11.6 Å². The summed E-state index contributed by atoms with van der Waals surface area (Å²) in [4.78, 5) is 33.4. The first-order valence-electron chi connectivity index (χ1n) is 10.2. The molecule has 1 aliphatic heterocycles. The van der Waals surface area contributed by atoms with Gasteiger partial charge in [0.05, 0.1) is 6.54 Å². The number of hydrogen-bond acceptors (Lipinski definition) is 4. The van der Waals surface area contributed by atoms with Gasteiger partial charge in [-0.1, -0.05) is 41.9 Å². The highest BCUT2D eigenvalue weighted by atomic mass is 35.5. The maximum absolute atomic E-state index is 13.5. The van der Waals surface area contributed by atoms with Gasteiger partial charge in [0.15, 0.2) is 11.2 Å². The van der Waals surface area contributed by atoms with Gasteiger partial charge in [0, 0.05) is 30.8 Å². The summed E-state index contributed by atoms with van der Waals surface area (Å²) in [5.74, 6) is 0.689. The second-order valence-corrected chi connectivity index (χ2v) is 8.31. The molecular formula is C23H22ClN5O2. The van der Waals surface area contributed by atoms with Gasteiger partial charge in [0.25, 0.3) is 5.56 Å². The number of benzene rings is 2. The fraction of sp³-hybridized carbons (Fsp3) is 0.261. The molecule has 7 nitrogen and oxygen atoms in total. The molecule has 2 aromatic heterocycles. The second-order valence-electron chi connectivity index (χ2n) is 7.90. The Labute approximate surface area is 183 Å². The van der Waals surface area contributed by atoms with Gasteiger partial charge in [-0.3, -0.25) is 13.9 Å². The Kier molecular flexibility index (Phi) is 4.70. The van der Waals surface area contributed by atoms with Crippen LogP contribution < -0.4 is 16.1 Å². The molecule has 2 aromatic carbocycles. The van der Waals surface area contributed by atoms with Gasteiger partial charge in [-0.15, -0.1) is 0 Å². The quantitative estimate of drug-likeness (QED) is 0.494. The molecule has 0 saturated heterocycles. The molecule has 0 bridgehead atoms. The van der Waals surface area contributed by atoms with E-state index in [-0.39, 0.29) is 12.1 Å². The van der Waals surface area contributed by atoms with Crippen molar-refractivity contribution in [2.24, 2.45) is 7.05 Å². The smallest absolute Gasteiger partial charge is 0.312 e. The zero-order chi connectivity index (χ0) is 21.7. The predicted molar refractivity (Wildman–Crippen MR) is 123 cm³/mol. The fourth-order valence-corrected chi connectivity index (χ4v) is 4.44. The van der Waals surface area contributed by atoms with Crippen LogP contribution in [-0.4, -0.2) is 25.2 Å². The minimum Gasteiger partial charge on any atom is -0.312 e. The number of fused-ring (bicyclic) bond motifs is 3. The van der Waals surface area contributed by atoms with Crippen LogP contribution in [0.2, 0.25) is 5.02 Å². The highest BCUT2D eigenvalue weighted by Crippen LogP contribution is 2.31. The normalized spacial score (nSPS) is 13.6. The number of aromatic nitrogens is 4. The van der Waals surface area contributed by atoms with Gasteiger partial charge in [-0.05, 0) is 42.7 Å². The standard InChI is InChI=1S/C23H22ClN5O2/c1-15-7-5-9-17(13-15)27-11-6-12-28-19-20(25-22(27)28)26(2)23(31)29(21(19)30)14-16-8-3-4-10-18(16)24/h3-5,7-10,13H,6,11-12,14H2,1-2H3. The number of nitrogens with zero attached hydrogens (tertiary/aromatic N) is 5. The first-order valence-corrected chi connectivity index (χ1v) is 10.6. The molecule has 0 aliphatic carbocycles. The zero-order valence-electron chi connectivity index (χ0n) is 17.4. The number of anilines is 2. The number of rotatable bonds is 3. The number of halogens is 1. The van der Waals surface area contributed by atoms with Crippen molar-refractivity contribution in [3.63, 3.8) is 0 Å². The summed E-state index contributed by atoms with van der Waals surface area (Å²) in [6, 6.07) is 15.4. The Morgan fingerprint density at radius 2 is 1.87 bits per heavy atom. The minimum atomic E-state index is -0.407. The van der Waals surface area contributed by atoms with Crippen molar-refractivity contribution < 1.29 is 0 Å². The van der Waals surface area contributed by atoms with E-state index >= 15 is 0 Å². The van der Waals surface area contributed by atoms with Crippen LogP contribution in [0.25, 0.3) is 11.2 Å². The van der Waals surface area contributed by atoms with E-state index in [1.807, 2.05) is 47.9 Å². The summed E-state index contributed by atoms with van der Waals surface area (Å²) in [5, 5.41) is 0.525. The lowest BCUT2D eigenvalue weighted by Gasteiger charge is -2.29. The lowest BCUT2D eigenvalue weighted by Crippen LogP contribution is -2.40. The van der Waals surface area contributed by atoms with Crippen molar-refractivity contribution in [3.8, 4) is 0 Å². The number of imidazole rings is 1. The van der Waals surface area contributed by atoms with Crippen LogP contribution in [0, 0.1) is 6.92 Å². The Hall–Kier alpha value is -3.32. The molecule has 0 N–H and O–H groups in total. The average Bonchev–Trinajstić information content (AvgIpc) is 3.16. The second kappa shape index (κ2) is 7.42. The molecule has 0 atom stereocenters. The van der Waals surface area contributed by atoms with Crippen molar-refractivity contribution in [1.29, 1.82) is 0 Å². The molecule has 31 heavy (non-hydrogen) atoms. The lowest BCUT2D eigenvalue weighted by molar-refractivity contribution is 0.597. The van der Waals surface area contributed by atoms with E-state index in [1.54, 1.807) is 13.1 Å². The van der Waals surface area contributed by atoms with Crippen LogP contribution in [0.5, 0.6) is 0 Å². The Morgan fingerprint density at radius 1 is 1.06 bits per heavy atom. The van der Waals surface area contributed by atoms with Crippen LogP contribution in [0.15, 0.2) is 58.1 Å². The van der Waals surface area contributed by atoms with Crippen LogP contribution >= 0.6 is 11.6 Å². The van der Waals surface area contributed by atoms with Gasteiger partial charge in [-0.25, -0.2) is 4.79 Å². The molecule has 5 rings (SSSR count). The van der Waals surface area contributed by atoms with Crippen molar-refractivity contribution in [3.05, 3.63) is 85.5 Å². The van der Waals surface area contributed by atoms with Gasteiger partial charge < -0.3 is 9.47 Å². The summed E-state index contributed by atoms with van der Waals surface area (Å²) >= 11 is 6.28. The zero-order valence-corrected chi connectivity index (χ0v) is 18.1. The molecule has 0 amide bonds. The summed E-state index contributed by atoms with van der Waals surface area (Å²) in [6.45, 7) is 3.64. The van der Waals surface area contributed by atoms with E-state index in [0.717, 1.165) is 29.8 Å². The van der Waals surface area contributed by atoms with Gasteiger partial charge in [-0.2, -0.15) is 4.98 Å². The topological polar surface area (TPSA) is 65.1 Å². The van der Waals surface area contributed by atoms with Crippen molar-refractivity contribution >= 4 is 34.4 Å². The molecular weight excluding hydrogens is 414 g/mol. The largest absolute Gasteiger partial charge is 0.332 e. The van der Waals surface area contributed by atoms with E-state index in [1.165, 1.54) is 9.13 Å². The third-order valence-corrected chi connectivity index (χ3v) is 6.19. The monoisotopic (exact) mass is 435 g/mol. The lowest BCUT2D eigenvalue weighted by atomic mass is 10.2. The van der Waals surface area contributed by atoms with E-state index < -0.39 is 5.69 Å². The van der Waals surface area contributed by atoms with E-state index in [4.69, 9.17) is 16.6 Å². The SMILES string of the molecule is Cc1cccc(N2CCCn3c2nc2c3c(=O)n(Cc3ccccc3Cl)c(=O)n2C)c1. The molecule has 4 aromatic rings. The molecule has 8 heteroatoms. The van der Waals surface area contributed by atoms with Crippen molar-refractivity contribution in [1.82, 2.24) is 18.7 Å². The van der Waals surface area contributed by atoms with E-state index in [9.17, 15) is 9.59 Å². The Morgan fingerprint density at radius 3 is 2.65 bits per heavy atom. The molecule has 0 unspecified atom stereocenters. The predicted octanol–water partition coefficient (Wildman–Crippen LogP) is 3.45. The highest BCUT2D eigenvalue weighted by molar-refractivity contribution is 6.31. The summed E-state index contributed by atoms with van der Waals surface area (Å²) in [5.41, 5.74) is 3.00. The van der Waals surface area contributed by atoms with Crippen LogP contribution in [0.3, 0.4) is 0 Å². The summed E-state index contributed by atoms with van der Waals surface area (Å²) in [7, 11) is 1.66.